The zero-order chi connectivity index (χ0) is 21.9. The Bertz CT molecular complexity index is 975. The summed E-state index contributed by atoms with van der Waals surface area (Å²) in [5, 5.41) is 4.19. The van der Waals surface area contributed by atoms with Crippen molar-refractivity contribution in [3.05, 3.63) is 62.0 Å². The zero-order valence-corrected chi connectivity index (χ0v) is 20.4. The Balaban J connectivity index is 1.59. The summed E-state index contributed by atoms with van der Waals surface area (Å²) in [7, 11) is 0. The second-order valence-corrected chi connectivity index (χ2v) is 10.1. The Morgan fingerprint density at radius 3 is 2.37 bits per heavy atom. The molecule has 3 rings (SSSR count). The number of Topliss-reactive ketones (excluding diaryl/α,β-unsaturated/α-hetero) is 1. The van der Waals surface area contributed by atoms with E-state index in [9.17, 15) is 9.59 Å². The molecule has 7 heteroatoms. The van der Waals surface area contributed by atoms with Crippen LogP contribution in [0, 0.1) is 12.3 Å². The van der Waals surface area contributed by atoms with E-state index < -0.39 is 0 Å². The van der Waals surface area contributed by atoms with Gasteiger partial charge in [-0.3, -0.25) is 9.59 Å². The second-order valence-electron chi connectivity index (χ2n) is 8.40. The van der Waals surface area contributed by atoms with E-state index in [1.54, 1.807) is 12.1 Å². The van der Waals surface area contributed by atoms with Crippen LogP contribution in [-0.4, -0.2) is 17.4 Å². The number of hydrogen-bond acceptors (Lipinski definition) is 4. The SMILES string of the molecule is Cc1cc(Br)c(OCc2ccc(C(=O)NN=C3CC(=O)CC(C)(C)C3)cc2)c(Br)c1. The summed E-state index contributed by atoms with van der Waals surface area (Å²) < 4.78 is 7.68. The fourth-order valence-electron chi connectivity index (χ4n) is 3.51. The van der Waals surface area contributed by atoms with Crippen LogP contribution in [0.5, 0.6) is 5.75 Å². The molecule has 0 spiro atoms. The minimum atomic E-state index is -0.296. The van der Waals surface area contributed by atoms with Gasteiger partial charge < -0.3 is 4.74 Å². The third kappa shape index (κ3) is 6.01. The van der Waals surface area contributed by atoms with E-state index >= 15 is 0 Å². The average molecular weight is 536 g/mol. The topological polar surface area (TPSA) is 67.8 Å². The minimum absolute atomic E-state index is 0.109. The molecule has 1 N–H and O–H groups in total. The van der Waals surface area contributed by atoms with E-state index in [1.807, 2.05) is 45.0 Å². The quantitative estimate of drug-likeness (QED) is 0.480. The molecule has 2 aromatic rings. The standard InChI is InChI=1S/C23H24Br2N2O3/c1-14-8-19(24)21(20(25)9-14)30-13-15-4-6-16(7-5-15)22(29)27-26-17-10-18(28)12-23(2,3)11-17/h4-9H,10-13H2,1-3H3,(H,27,29). The molecule has 30 heavy (non-hydrogen) atoms. The molecule has 0 radical (unpaired) electrons. The summed E-state index contributed by atoms with van der Waals surface area (Å²) >= 11 is 7.04. The van der Waals surface area contributed by atoms with E-state index in [2.05, 4.69) is 42.4 Å². The molecular formula is C23H24Br2N2O3. The highest BCUT2D eigenvalue weighted by molar-refractivity contribution is 9.11. The summed E-state index contributed by atoms with van der Waals surface area (Å²) in [6, 6.07) is 11.2. The van der Waals surface area contributed by atoms with Gasteiger partial charge in [-0.2, -0.15) is 5.10 Å². The fraction of sp³-hybridized carbons (Fsp3) is 0.348. The third-order valence-electron chi connectivity index (χ3n) is 4.82. The van der Waals surface area contributed by atoms with E-state index in [1.165, 1.54) is 0 Å². The molecule has 0 atom stereocenters. The summed E-state index contributed by atoms with van der Waals surface area (Å²) in [5.74, 6) is 0.605. The first-order chi connectivity index (χ1) is 14.1. The van der Waals surface area contributed by atoms with Gasteiger partial charge in [-0.05, 0) is 86.0 Å². The predicted molar refractivity (Wildman–Crippen MR) is 125 cm³/mol. The molecule has 0 aromatic heterocycles. The molecule has 1 aliphatic rings. The first kappa shape index (κ1) is 22.7. The number of hydrazone groups is 1. The Kier molecular flexibility index (Phi) is 7.14. The monoisotopic (exact) mass is 534 g/mol. The van der Waals surface area contributed by atoms with Gasteiger partial charge in [-0.15, -0.1) is 0 Å². The van der Waals surface area contributed by atoms with E-state index in [-0.39, 0.29) is 17.1 Å². The lowest BCUT2D eigenvalue weighted by Crippen LogP contribution is -2.31. The highest BCUT2D eigenvalue weighted by Crippen LogP contribution is 2.35. The van der Waals surface area contributed by atoms with E-state index in [0.717, 1.165) is 31.5 Å². The molecule has 0 bridgehead atoms. The molecule has 0 saturated heterocycles. The van der Waals surface area contributed by atoms with Crippen LogP contribution < -0.4 is 10.2 Å². The lowest BCUT2D eigenvalue weighted by Gasteiger charge is -2.28. The minimum Gasteiger partial charge on any atom is -0.487 e. The molecule has 158 valence electrons. The van der Waals surface area contributed by atoms with Crippen LogP contribution in [0.3, 0.4) is 0 Å². The number of rotatable bonds is 5. The number of aryl methyl sites for hydroxylation is 1. The highest BCUT2D eigenvalue weighted by atomic mass is 79.9. The number of nitrogens with zero attached hydrogens (tertiary/aromatic N) is 1. The molecule has 0 unspecified atom stereocenters. The van der Waals surface area contributed by atoms with Crippen molar-refractivity contribution < 1.29 is 14.3 Å². The number of carbonyl (C=O) groups is 2. The van der Waals surface area contributed by atoms with Gasteiger partial charge >= 0.3 is 0 Å². The van der Waals surface area contributed by atoms with E-state index in [0.29, 0.717) is 31.4 Å². The number of benzene rings is 2. The lowest BCUT2D eigenvalue weighted by atomic mass is 9.76. The molecule has 1 aliphatic carbocycles. The van der Waals surface area contributed by atoms with Gasteiger partial charge in [0.1, 0.15) is 18.1 Å². The Hall–Kier alpha value is -1.99. The summed E-state index contributed by atoms with van der Waals surface area (Å²) in [6.45, 7) is 6.47. The lowest BCUT2D eigenvalue weighted by molar-refractivity contribution is -0.120. The van der Waals surface area contributed by atoms with Crippen LogP contribution in [0.4, 0.5) is 0 Å². The second kappa shape index (κ2) is 9.43. The Morgan fingerprint density at radius 2 is 1.77 bits per heavy atom. The molecule has 5 nitrogen and oxygen atoms in total. The highest BCUT2D eigenvalue weighted by Gasteiger charge is 2.30. The van der Waals surface area contributed by atoms with Crippen molar-refractivity contribution in [1.82, 2.24) is 5.43 Å². The largest absolute Gasteiger partial charge is 0.487 e. The number of ether oxygens (including phenoxy) is 1. The molecule has 1 saturated carbocycles. The van der Waals surface area contributed by atoms with Gasteiger partial charge in [-0.25, -0.2) is 5.43 Å². The maximum Gasteiger partial charge on any atom is 0.271 e. The Morgan fingerprint density at radius 1 is 1.13 bits per heavy atom. The van der Waals surface area contributed by atoms with Crippen LogP contribution in [-0.2, 0) is 11.4 Å². The molecule has 0 aliphatic heterocycles. The fourth-order valence-corrected chi connectivity index (χ4v) is 5.15. The van der Waals surface area contributed by atoms with Crippen molar-refractivity contribution >= 4 is 49.3 Å². The molecular weight excluding hydrogens is 512 g/mol. The van der Waals surface area contributed by atoms with Crippen molar-refractivity contribution in [2.24, 2.45) is 10.5 Å². The predicted octanol–water partition coefficient (Wildman–Crippen LogP) is 5.96. The Labute approximate surface area is 193 Å². The molecule has 1 fully saturated rings. The van der Waals surface area contributed by atoms with Crippen LogP contribution in [0.2, 0.25) is 0 Å². The first-order valence-electron chi connectivity index (χ1n) is 9.68. The summed E-state index contributed by atoms with van der Waals surface area (Å²) in [4.78, 5) is 24.2. The van der Waals surface area contributed by atoms with Crippen LogP contribution in [0.15, 0.2) is 50.4 Å². The molecule has 1 amide bonds. The van der Waals surface area contributed by atoms with Crippen LogP contribution in [0.1, 0.15) is 54.6 Å². The van der Waals surface area contributed by atoms with Crippen molar-refractivity contribution in [3.8, 4) is 5.75 Å². The van der Waals surface area contributed by atoms with Crippen molar-refractivity contribution in [2.75, 3.05) is 0 Å². The van der Waals surface area contributed by atoms with Gasteiger partial charge in [0.15, 0.2) is 0 Å². The van der Waals surface area contributed by atoms with Gasteiger partial charge in [0.25, 0.3) is 5.91 Å². The number of halogens is 2. The number of nitrogens with one attached hydrogen (secondary N) is 1. The number of carbonyl (C=O) groups excluding carboxylic acids is 2. The van der Waals surface area contributed by atoms with E-state index in [4.69, 9.17) is 4.74 Å². The smallest absolute Gasteiger partial charge is 0.271 e. The number of amides is 1. The summed E-state index contributed by atoms with van der Waals surface area (Å²) in [5.41, 5.74) is 5.76. The maximum atomic E-state index is 12.4. The average Bonchev–Trinajstić information content (AvgIpc) is 2.64. The van der Waals surface area contributed by atoms with Gasteiger partial charge in [0.2, 0.25) is 0 Å². The molecule has 0 heterocycles. The van der Waals surface area contributed by atoms with Crippen LogP contribution in [0.25, 0.3) is 0 Å². The van der Waals surface area contributed by atoms with Crippen molar-refractivity contribution in [2.45, 2.75) is 46.6 Å². The van der Waals surface area contributed by atoms with Crippen molar-refractivity contribution in [3.63, 3.8) is 0 Å². The first-order valence-corrected chi connectivity index (χ1v) is 11.3. The number of ketones is 1. The van der Waals surface area contributed by atoms with Gasteiger partial charge in [-0.1, -0.05) is 26.0 Å². The van der Waals surface area contributed by atoms with Crippen molar-refractivity contribution in [1.29, 1.82) is 0 Å². The zero-order valence-electron chi connectivity index (χ0n) is 17.2. The number of hydrogen-bond donors (Lipinski definition) is 1. The van der Waals surface area contributed by atoms with Gasteiger partial charge in [0, 0.05) is 24.1 Å². The van der Waals surface area contributed by atoms with Crippen LogP contribution >= 0.6 is 31.9 Å². The van der Waals surface area contributed by atoms with Gasteiger partial charge in [0.05, 0.1) is 8.95 Å². The third-order valence-corrected chi connectivity index (χ3v) is 6.00. The maximum absolute atomic E-state index is 12.4. The normalized spacial score (nSPS) is 17.1. The summed E-state index contributed by atoms with van der Waals surface area (Å²) in [6.07, 6.45) is 1.57. The molecule has 2 aromatic carbocycles.